The zero-order valence-electron chi connectivity index (χ0n) is 23.3. The summed E-state index contributed by atoms with van der Waals surface area (Å²) in [6.07, 6.45) is 0. The van der Waals surface area contributed by atoms with Crippen molar-refractivity contribution in [3.05, 3.63) is 195 Å². The second-order valence-electron chi connectivity index (χ2n) is 11.8. The highest BCUT2D eigenvalue weighted by Crippen LogP contribution is 2.48. The minimum Gasteiger partial charge on any atom is -0.376 e. The summed E-state index contributed by atoms with van der Waals surface area (Å²) in [5.74, 6) is 0. The fourth-order valence-corrected chi connectivity index (χ4v) is 7.20. The predicted molar refractivity (Wildman–Crippen MR) is 160 cm³/mol. The molecule has 0 unspecified atom stereocenters. The van der Waals surface area contributed by atoms with Crippen LogP contribution < -0.4 is 0 Å². The van der Waals surface area contributed by atoms with Gasteiger partial charge in [-0.05, 0) is 88.0 Å². The van der Waals surface area contributed by atoms with Crippen LogP contribution in [-0.2, 0) is 22.4 Å². The van der Waals surface area contributed by atoms with E-state index in [0.717, 1.165) is 0 Å². The molecule has 212 valence electrons. The molecule has 4 aliphatic rings. The van der Waals surface area contributed by atoms with Crippen molar-refractivity contribution in [3.8, 4) is 0 Å². The lowest BCUT2D eigenvalue weighted by Crippen LogP contribution is -2.41. The zero-order valence-corrected chi connectivity index (χ0v) is 23.3. The number of nitrogens with zero attached hydrogens (tertiary/aromatic N) is 3. The highest BCUT2D eigenvalue weighted by Gasteiger charge is 2.48. The molecule has 0 saturated carbocycles. The molecule has 10 rings (SSSR count). The van der Waals surface area contributed by atoms with Crippen molar-refractivity contribution in [2.75, 3.05) is 0 Å². The summed E-state index contributed by atoms with van der Waals surface area (Å²) < 4.78 is 0. The third-order valence-corrected chi connectivity index (χ3v) is 9.57. The third-order valence-electron chi connectivity index (χ3n) is 9.57. The van der Waals surface area contributed by atoms with E-state index in [9.17, 15) is 20.4 Å². The Kier molecular flexibility index (Phi) is 4.81. The van der Waals surface area contributed by atoms with E-state index in [2.05, 4.69) is 0 Å². The van der Waals surface area contributed by atoms with Gasteiger partial charge in [0.15, 0.2) is 16.8 Å². The Labute approximate surface area is 252 Å². The Bertz CT molecular complexity index is 1660. The number of hydrogen-bond donors (Lipinski definition) is 4. The molecule has 0 saturated heterocycles. The lowest BCUT2D eigenvalue weighted by Gasteiger charge is -2.39. The van der Waals surface area contributed by atoms with E-state index in [1.807, 2.05) is 18.2 Å². The molecule has 3 aromatic carbocycles. The van der Waals surface area contributed by atoms with Crippen molar-refractivity contribution < 1.29 is 20.4 Å². The van der Waals surface area contributed by atoms with E-state index in [1.54, 1.807) is 109 Å². The van der Waals surface area contributed by atoms with Gasteiger partial charge in [-0.2, -0.15) is 0 Å². The molecule has 3 aromatic heterocycles. The van der Waals surface area contributed by atoms with Gasteiger partial charge in [-0.1, -0.05) is 72.8 Å². The van der Waals surface area contributed by atoms with Crippen LogP contribution in [0.1, 0.15) is 67.5 Å². The molecule has 16 bridgehead atoms. The molecular formula is C37H25N3O4. The summed E-state index contributed by atoms with van der Waals surface area (Å²) in [5.41, 5.74) is -3.60. The largest absolute Gasteiger partial charge is 0.376 e. The molecule has 0 fully saturated rings. The molecule has 44 heavy (non-hydrogen) atoms. The van der Waals surface area contributed by atoms with Crippen molar-refractivity contribution in [3.63, 3.8) is 0 Å². The molecule has 0 atom stereocenters. The van der Waals surface area contributed by atoms with Crippen LogP contribution in [0.2, 0.25) is 0 Å². The Morgan fingerprint density at radius 1 is 0.295 bits per heavy atom. The minimum atomic E-state index is -1.94. The number of benzene rings is 3. The summed E-state index contributed by atoms with van der Waals surface area (Å²) in [4.78, 5) is 14.8. The first-order chi connectivity index (χ1) is 21.3. The molecule has 4 aliphatic heterocycles. The van der Waals surface area contributed by atoms with Gasteiger partial charge in [-0.15, -0.1) is 0 Å². The van der Waals surface area contributed by atoms with Crippen molar-refractivity contribution in [1.82, 2.24) is 15.0 Å². The van der Waals surface area contributed by atoms with E-state index in [4.69, 9.17) is 15.0 Å². The quantitative estimate of drug-likeness (QED) is 0.217. The molecule has 4 N–H and O–H groups in total. The maximum absolute atomic E-state index is 13.1. The smallest absolute Gasteiger partial charge is 0.174 e. The van der Waals surface area contributed by atoms with Gasteiger partial charge in [0.2, 0.25) is 0 Å². The number of aromatic nitrogens is 3. The Morgan fingerprint density at radius 2 is 0.500 bits per heavy atom. The van der Waals surface area contributed by atoms with Crippen LogP contribution in [-0.4, -0.2) is 35.4 Å². The summed E-state index contributed by atoms with van der Waals surface area (Å²) in [6.45, 7) is 0. The number of hydrogen-bond acceptors (Lipinski definition) is 7. The van der Waals surface area contributed by atoms with Crippen molar-refractivity contribution in [1.29, 1.82) is 0 Å². The number of pyridine rings is 3. The lowest BCUT2D eigenvalue weighted by atomic mass is 9.73. The van der Waals surface area contributed by atoms with E-state index in [-0.39, 0.29) is 34.2 Å². The SMILES string of the molecule is OC12c3cccc(c3)C3(O)c4cccc(n4)C(O)(c4cccc1c4)c1cccc(n1)C(O)(c1cccc2c1)c1cccc3n1. The second kappa shape index (κ2) is 8.31. The molecule has 7 nitrogen and oxygen atoms in total. The van der Waals surface area contributed by atoms with Crippen LogP contribution in [0.15, 0.2) is 127 Å². The molecule has 7 heterocycles. The molecule has 0 aliphatic carbocycles. The zero-order chi connectivity index (χ0) is 29.9. The predicted octanol–water partition coefficient (Wildman–Crippen LogP) is 3.95. The summed E-state index contributed by atoms with van der Waals surface area (Å²) in [5, 5.41) is 51.9. The molecule has 7 heteroatoms. The van der Waals surface area contributed by atoms with Gasteiger partial charge in [0.1, 0.15) is 5.60 Å². The van der Waals surface area contributed by atoms with E-state index < -0.39 is 22.4 Å². The first kappa shape index (κ1) is 25.4. The highest BCUT2D eigenvalue weighted by atomic mass is 16.3. The second-order valence-corrected chi connectivity index (χ2v) is 11.8. The fourth-order valence-electron chi connectivity index (χ4n) is 7.20. The van der Waals surface area contributed by atoms with Gasteiger partial charge in [0.05, 0.1) is 34.2 Å². The lowest BCUT2D eigenvalue weighted by molar-refractivity contribution is 0.0887. The summed E-state index contributed by atoms with van der Waals surface area (Å²) in [7, 11) is 0. The fraction of sp³-hybridized carbons (Fsp3) is 0.108. The average Bonchev–Trinajstić information content (AvgIpc) is 3.09. The van der Waals surface area contributed by atoms with Crippen molar-refractivity contribution >= 4 is 0 Å². The van der Waals surface area contributed by atoms with Gasteiger partial charge in [-0.3, -0.25) is 15.0 Å². The van der Waals surface area contributed by atoms with Gasteiger partial charge in [0.25, 0.3) is 0 Å². The molecule has 0 spiro atoms. The maximum Gasteiger partial charge on any atom is 0.174 e. The van der Waals surface area contributed by atoms with Crippen LogP contribution in [0.25, 0.3) is 0 Å². The van der Waals surface area contributed by atoms with Crippen LogP contribution in [0.4, 0.5) is 0 Å². The Balaban J connectivity index is 1.63. The topological polar surface area (TPSA) is 120 Å². The molecule has 0 radical (unpaired) electrons. The standard InChI is InChI=1S/C37H25N3O4/c41-34-22-7-1-10-25(19-22)35(42)28-13-4-15-30(38-28)36(43,26-11-2-8-23(34)20-26)32-17-6-18-33(40-32)37(44,27-12-3-9-24(34)21-27)31-16-5-14-29(35)39-31/h1-21,41-44H. The number of rotatable bonds is 0. The van der Waals surface area contributed by atoms with Crippen LogP contribution in [0, 0.1) is 0 Å². The minimum absolute atomic E-state index is 0.214. The van der Waals surface area contributed by atoms with E-state index in [1.165, 1.54) is 0 Å². The van der Waals surface area contributed by atoms with Crippen LogP contribution in [0.3, 0.4) is 0 Å². The van der Waals surface area contributed by atoms with Crippen LogP contribution in [0.5, 0.6) is 0 Å². The average molecular weight is 576 g/mol. The number of aliphatic hydroxyl groups is 4. The van der Waals surface area contributed by atoms with Crippen LogP contribution >= 0.6 is 0 Å². The van der Waals surface area contributed by atoms with E-state index in [0.29, 0.717) is 33.4 Å². The van der Waals surface area contributed by atoms with Crippen molar-refractivity contribution in [2.24, 2.45) is 0 Å². The molecule has 0 amide bonds. The monoisotopic (exact) mass is 575 g/mol. The molecule has 6 aromatic rings. The maximum atomic E-state index is 13.1. The third kappa shape index (κ3) is 2.96. The van der Waals surface area contributed by atoms with Gasteiger partial charge >= 0.3 is 0 Å². The molecular weight excluding hydrogens is 550 g/mol. The first-order valence-electron chi connectivity index (χ1n) is 14.4. The Hall–Kier alpha value is -5.05. The van der Waals surface area contributed by atoms with E-state index >= 15 is 0 Å². The highest BCUT2D eigenvalue weighted by molar-refractivity contribution is 5.58. The summed E-state index contributed by atoms with van der Waals surface area (Å²) >= 11 is 0. The van der Waals surface area contributed by atoms with Crippen molar-refractivity contribution in [2.45, 2.75) is 22.4 Å². The normalized spacial score (nSPS) is 27.0. The van der Waals surface area contributed by atoms with Gasteiger partial charge in [0, 0.05) is 0 Å². The van der Waals surface area contributed by atoms with Gasteiger partial charge in [-0.25, -0.2) is 0 Å². The van der Waals surface area contributed by atoms with Gasteiger partial charge < -0.3 is 20.4 Å². The first-order valence-corrected chi connectivity index (χ1v) is 14.4. The summed E-state index contributed by atoms with van der Waals surface area (Å²) in [6, 6.07) is 36.8. The Morgan fingerprint density at radius 3 is 0.750 bits per heavy atom.